The monoisotopic (exact) mass is 384 g/mol. The summed E-state index contributed by atoms with van der Waals surface area (Å²) in [5.74, 6) is -0.253. The molecule has 0 bridgehead atoms. The molecule has 0 spiro atoms. The lowest BCUT2D eigenvalue weighted by Gasteiger charge is -2.36. The number of amides is 1. The molecular formula is C22H29FN4O. The van der Waals surface area contributed by atoms with E-state index in [1.54, 1.807) is 18.3 Å². The fourth-order valence-electron chi connectivity index (χ4n) is 3.62. The number of carbonyl (C=O) groups excluding carboxylic acids is 1. The molecule has 0 aliphatic carbocycles. The molecule has 1 aromatic heterocycles. The molecule has 2 aromatic rings. The molecule has 0 unspecified atom stereocenters. The molecule has 1 aliphatic rings. The number of aromatic nitrogens is 1. The maximum absolute atomic E-state index is 13.1. The molecule has 2 heterocycles. The first-order valence-corrected chi connectivity index (χ1v) is 10.1. The van der Waals surface area contributed by atoms with Crippen LogP contribution in [0.5, 0.6) is 0 Å². The van der Waals surface area contributed by atoms with E-state index in [0.29, 0.717) is 18.8 Å². The van der Waals surface area contributed by atoms with Crippen molar-refractivity contribution in [2.75, 3.05) is 49.1 Å². The SMILES string of the molecule is CCCN(CCC)c1ccnc(C(=O)N2CCN(c3ccc(F)cc3)CC2)c1. The van der Waals surface area contributed by atoms with Gasteiger partial charge in [-0.25, -0.2) is 4.39 Å². The molecule has 1 amide bonds. The molecule has 0 saturated carbocycles. The average molecular weight is 384 g/mol. The van der Waals surface area contributed by atoms with Crippen LogP contribution in [0.1, 0.15) is 37.2 Å². The van der Waals surface area contributed by atoms with Crippen LogP contribution in [-0.2, 0) is 0 Å². The van der Waals surface area contributed by atoms with E-state index in [1.165, 1.54) is 12.1 Å². The summed E-state index contributed by atoms with van der Waals surface area (Å²) in [6.07, 6.45) is 3.86. The molecule has 1 fully saturated rings. The first-order valence-electron chi connectivity index (χ1n) is 10.1. The molecule has 0 N–H and O–H groups in total. The Bertz CT molecular complexity index is 766. The number of anilines is 2. The van der Waals surface area contributed by atoms with Crippen molar-refractivity contribution in [2.24, 2.45) is 0 Å². The summed E-state index contributed by atoms with van der Waals surface area (Å²) in [5, 5.41) is 0. The van der Waals surface area contributed by atoms with E-state index < -0.39 is 0 Å². The van der Waals surface area contributed by atoms with E-state index in [2.05, 4.69) is 28.6 Å². The minimum absolute atomic E-state index is 0.0199. The summed E-state index contributed by atoms with van der Waals surface area (Å²) in [7, 11) is 0. The molecule has 1 aromatic carbocycles. The maximum atomic E-state index is 13.1. The predicted octanol–water partition coefficient (Wildman–Crippen LogP) is 3.81. The van der Waals surface area contributed by atoms with Crippen LogP contribution in [-0.4, -0.2) is 55.1 Å². The second-order valence-corrected chi connectivity index (χ2v) is 7.14. The molecule has 3 rings (SSSR count). The Kier molecular flexibility index (Phi) is 6.85. The number of benzene rings is 1. The lowest BCUT2D eigenvalue weighted by atomic mass is 10.2. The second kappa shape index (κ2) is 9.53. The number of halogens is 1. The van der Waals surface area contributed by atoms with Gasteiger partial charge in [0.05, 0.1) is 0 Å². The Morgan fingerprint density at radius 1 is 1.04 bits per heavy atom. The molecule has 150 valence electrons. The average Bonchev–Trinajstić information content (AvgIpc) is 2.74. The van der Waals surface area contributed by atoms with E-state index in [9.17, 15) is 9.18 Å². The minimum Gasteiger partial charge on any atom is -0.371 e. The Morgan fingerprint density at radius 3 is 2.29 bits per heavy atom. The van der Waals surface area contributed by atoms with Crippen molar-refractivity contribution in [1.29, 1.82) is 0 Å². The van der Waals surface area contributed by atoms with Crippen LogP contribution < -0.4 is 9.80 Å². The molecule has 1 saturated heterocycles. The summed E-state index contributed by atoms with van der Waals surface area (Å²) >= 11 is 0. The van der Waals surface area contributed by atoms with E-state index in [0.717, 1.165) is 50.4 Å². The molecule has 28 heavy (non-hydrogen) atoms. The van der Waals surface area contributed by atoms with Gasteiger partial charge in [0, 0.05) is 56.8 Å². The minimum atomic E-state index is -0.233. The fraction of sp³-hybridized carbons (Fsp3) is 0.455. The third-order valence-corrected chi connectivity index (χ3v) is 5.07. The zero-order valence-electron chi connectivity index (χ0n) is 16.8. The van der Waals surface area contributed by atoms with Crippen LogP contribution in [0.25, 0.3) is 0 Å². The van der Waals surface area contributed by atoms with Crippen molar-refractivity contribution >= 4 is 17.3 Å². The summed E-state index contributed by atoms with van der Waals surface area (Å²) in [5.41, 5.74) is 2.56. The topological polar surface area (TPSA) is 39.7 Å². The van der Waals surface area contributed by atoms with E-state index in [-0.39, 0.29) is 11.7 Å². The summed E-state index contributed by atoms with van der Waals surface area (Å²) in [6.45, 7) is 9.01. The Balaban J connectivity index is 1.64. The second-order valence-electron chi connectivity index (χ2n) is 7.14. The fourth-order valence-corrected chi connectivity index (χ4v) is 3.62. The van der Waals surface area contributed by atoms with Crippen LogP contribution >= 0.6 is 0 Å². The van der Waals surface area contributed by atoms with Crippen molar-refractivity contribution < 1.29 is 9.18 Å². The maximum Gasteiger partial charge on any atom is 0.272 e. The van der Waals surface area contributed by atoms with Crippen LogP contribution in [0.4, 0.5) is 15.8 Å². The Labute approximate surface area is 166 Å². The first kappa shape index (κ1) is 20.1. The smallest absolute Gasteiger partial charge is 0.272 e. The predicted molar refractivity (Wildman–Crippen MR) is 112 cm³/mol. The van der Waals surface area contributed by atoms with Crippen LogP contribution in [0.15, 0.2) is 42.6 Å². The third kappa shape index (κ3) is 4.80. The van der Waals surface area contributed by atoms with Gasteiger partial charge in [0.1, 0.15) is 11.5 Å². The molecule has 0 radical (unpaired) electrons. The van der Waals surface area contributed by atoms with Crippen molar-refractivity contribution in [2.45, 2.75) is 26.7 Å². The number of rotatable bonds is 7. The van der Waals surface area contributed by atoms with Crippen LogP contribution in [0, 0.1) is 5.82 Å². The molecule has 6 heteroatoms. The van der Waals surface area contributed by atoms with Gasteiger partial charge in [0.15, 0.2) is 0 Å². The third-order valence-electron chi connectivity index (χ3n) is 5.07. The van der Waals surface area contributed by atoms with Crippen molar-refractivity contribution in [3.05, 3.63) is 54.1 Å². The normalized spacial score (nSPS) is 14.2. The van der Waals surface area contributed by atoms with E-state index >= 15 is 0 Å². The van der Waals surface area contributed by atoms with Gasteiger partial charge in [-0.2, -0.15) is 0 Å². The summed E-state index contributed by atoms with van der Waals surface area (Å²) in [6, 6.07) is 10.4. The number of hydrogen-bond acceptors (Lipinski definition) is 4. The number of pyridine rings is 1. The highest BCUT2D eigenvalue weighted by Crippen LogP contribution is 2.20. The molecule has 0 atom stereocenters. The lowest BCUT2D eigenvalue weighted by Crippen LogP contribution is -2.49. The van der Waals surface area contributed by atoms with Crippen LogP contribution in [0.2, 0.25) is 0 Å². The quantitative estimate of drug-likeness (QED) is 0.728. The summed E-state index contributed by atoms with van der Waals surface area (Å²) < 4.78 is 13.1. The summed E-state index contributed by atoms with van der Waals surface area (Å²) in [4.78, 5) is 23.6. The largest absolute Gasteiger partial charge is 0.371 e. The highest BCUT2D eigenvalue weighted by molar-refractivity contribution is 5.93. The molecule has 1 aliphatic heterocycles. The number of nitrogens with zero attached hydrogens (tertiary/aromatic N) is 4. The highest BCUT2D eigenvalue weighted by atomic mass is 19.1. The van der Waals surface area contributed by atoms with Crippen molar-refractivity contribution in [3.63, 3.8) is 0 Å². The van der Waals surface area contributed by atoms with Crippen molar-refractivity contribution in [1.82, 2.24) is 9.88 Å². The van der Waals surface area contributed by atoms with Gasteiger partial charge in [-0.1, -0.05) is 13.8 Å². The van der Waals surface area contributed by atoms with Crippen molar-refractivity contribution in [3.8, 4) is 0 Å². The number of hydrogen-bond donors (Lipinski definition) is 0. The van der Waals surface area contributed by atoms with E-state index in [4.69, 9.17) is 0 Å². The van der Waals surface area contributed by atoms with Gasteiger partial charge >= 0.3 is 0 Å². The highest BCUT2D eigenvalue weighted by Gasteiger charge is 2.23. The van der Waals surface area contributed by atoms with Gasteiger partial charge in [-0.15, -0.1) is 0 Å². The zero-order chi connectivity index (χ0) is 19.9. The van der Waals surface area contributed by atoms with Gasteiger partial charge < -0.3 is 14.7 Å². The number of piperazine rings is 1. The van der Waals surface area contributed by atoms with Gasteiger partial charge in [-0.3, -0.25) is 9.78 Å². The van der Waals surface area contributed by atoms with Crippen LogP contribution in [0.3, 0.4) is 0 Å². The Hall–Kier alpha value is -2.63. The van der Waals surface area contributed by atoms with Gasteiger partial charge in [-0.05, 0) is 49.2 Å². The standard InChI is InChI=1S/C22H29FN4O/c1-3-11-25(12-4-2)20-9-10-24-21(17-20)22(28)27-15-13-26(14-16-27)19-7-5-18(23)6-8-19/h5-10,17H,3-4,11-16H2,1-2H3. The van der Waals surface area contributed by atoms with Gasteiger partial charge in [0.2, 0.25) is 0 Å². The number of carbonyl (C=O) groups is 1. The zero-order valence-corrected chi connectivity index (χ0v) is 16.8. The molecular weight excluding hydrogens is 355 g/mol. The Morgan fingerprint density at radius 2 is 1.68 bits per heavy atom. The first-order chi connectivity index (χ1) is 13.6. The van der Waals surface area contributed by atoms with E-state index in [1.807, 2.05) is 17.0 Å². The van der Waals surface area contributed by atoms with Gasteiger partial charge in [0.25, 0.3) is 5.91 Å². The lowest BCUT2D eigenvalue weighted by molar-refractivity contribution is 0.0741. The molecule has 5 nitrogen and oxygen atoms in total.